The molecule has 1 heterocycles. The maximum atomic E-state index is 11.0. The van der Waals surface area contributed by atoms with Crippen LogP contribution >= 0.6 is 0 Å². The first kappa shape index (κ1) is 14.8. The molecule has 0 unspecified atom stereocenters. The Kier molecular flexibility index (Phi) is 4.29. The quantitative estimate of drug-likeness (QED) is 0.783. The van der Waals surface area contributed by atoms with Gasteiger partial charge in [-0.15, -0.1) is 0 Å². The van der Waals surface area contributed by atoms with Gasteiger partial charge >= 0.3 is 0 Å². The summed E-state index contributed by atoms with van der Waals surface area (Å²) in [5.74, 6) is 0.940. The lowest BCUT2D eigenvalue weighted by atomic mass is 10.3. The van der Waals surface area contributed by atoms with Crippen molar-refractivity contribution in [3.8, 4) is 0 Å². The van der Waals surface area contributed by atoms with Crippen molar-refractivity contribution >= 4 is 26.7 Å². The van der Waals surface area contributed by atoms with Gasteiger partial charge in [0.25, 0.3) is 0 Å². The van der Waals surface area contributed by atoms with E-state index in [1.165, 1.54) is 0 Å². The number of imidazole rings is 1. The van der Waals surface area contributed by atoms with Gasteiger partial charge in [-0.25, -0.2) is 18.5 Å². The maximum Gasteiger partial charge on any atom is 0.209 e. The average Bonchev–Trinajstić information content (AvgIpc) is 2.65. The van der Waals surface area contributed by atoms with E-state index in [0.717, 1.165) is 29.7 Å². The van der Waals surface area contributed by atoms with Crippen LogP contribution in [0.15, 0.2) is 18.2 Å². The summed E-state index contributed by atoms with van der Waals surface area (Å²) in [6.07, 6.45) is 2.31. The molecule has 0 aliphatic heterocycles. The standard InChI is InChI=1S/C13H20N4O2S/c1-2-4-13-16-11-9-10(14)5-6-12(11)17(13)7-3-8-20(15,18)19/h5-6,9H,2-4,7-8,14H2,1H3,(H2,15,18,19). The highest BCUT2D eigenvalue weighted by Crippen LogP contribution is 2.20. The Bertz CT molecular complexity index is 706. The van der Waals surface area contributed by atoms with Gasteiger partial charge in [0, 0.05) is 18.7 Å². The molecule has 0 saturated heterocycles. The average molecular weight is 296 g/mol. The molecule has 1 aromatic heterocycles. The first-order valence-electron chi connectivity index (χ1n) is 6.66. The normalized spacial score (nSPS) is 12.1. The minimum Gasteiger partial charge on any atom is -0.399 e. The van der Waals surface area contributed by atoms with E-state index in [1.807, 2.05) is 18.2 Å². The lowest BCUT2D eigenvalue weighted by Crippen LogP contribution is -2.18. The van der Waals surface area contributed by atoms with Crippen LogP contribution in [0.25, 0.3) is 11.0 Å². The molecule has 0 aliphatic rings. The number of aromatic nitrogens is 2. The lowest BCUT2D eigenvalue weighted by molar-refractivity contribution is 0.585. The molecule has 0 aliphatic carbocycles. The summed E-state index contributed by atoms with van der Waals surface area (Å²) in [6, 6.07) is 5.59. The molecule has 20 heavy (non-hydrogen) atoms. The SMILES string of the molecule is CCCc1nc2cc(N)ccc2n1CCCS(N)(=O)=O. The molecular formula is C13H20N4O2S. The van der Waals surface area contributed by atoms with Crippen molar-refractivity contribution < 1.29 is 8.42 Å². The van der Waals surface area contributed by atoms with E-state index in [0.29, 0.717) is 18.7 Å². The predicted molar refractivity (Wildman–Crippen MR) is 80.7 cm³/mol. The van der Waals surface area contributed by atoms with Gasteiger partial charge in [0.15, 0.2) is 0 Å². The zero-order valence-corrected chi connectivity index (χ0v) is 12.4. The summed E-state index contributed by atoms with van der Waals surface area (Å²) in [5, 5.41) is 5.03. The van der Waals surface area contributed by atoms with Crippen LogP contribution in [0.5, 0.6) is 0 Å². The Hall–Kier alpha value is -1.60. The van der Waals surface area contributed by atoms with Crippen molar-refractivity contribution in [2.24, 2.45) is 5.14 Å². The molecule has 4 N–H and O–H groups in total. The van der Waals surface area contributed by atoms with E-state index in [2.05, 4.69) is 16.5 Å². The second-order valence-corrected chi connectivity index (χ2v) is 6.63. The van der Waals surface area contributed by atoms with Crippen LogP contribution < -0.4 is 10.9 Å². The number of anilines is 1. The molecule has 0 bridgehead atoms. The molecule has 2 aromatic rings. The van der Waals surface area contributed by atoms with Crippen molar-refractivity contribution in [3.63, 3.8) is 0 Å². The topological polar surface area (TPSA) is 104 Å². The van der Waals surface area contributed by atoms with Gasteiger partial charge in [-0.1, -0.05) is 6.92 Å². The highest BCUT2D eigenvalue weighted by atomic mass is 32.2. The van der Waals surface area contributed by atoms with Crippen LogP contribution in [0.1, 0.15) is 25.6 Å². The minimum atomic E-state index is -3.42. The smallest absolute Gasteiger partial charge is 0.209 e. The molecule has 2 rings (SSSR count). The van der Waals surface area contributed by atoms with Crippen LogP contribution in [-0.4, -0.2) is 23.7 Å². The third-order valence-electron chi connectivity index (χ3n) is 3.14. The summed E-state index contributed by atoms with van der Waals surface area (Å²) in [4.78, 5) is 4.58. The number of rotatable bonds is 6. The second-order valence-electron chi connectivity index (χ2n) is 4.90. The highest BCUT2D eigenvalue weighted by molar-refractivity contribution is 7.89. The number of nitrogen functional groups attached to an aromatic ring is 1. The van der Waals surface area contributed by atoms with Crippen LogP contribution in [0.4, 0.5) is 5.69 Å². The maximum absolute atomic E-state index is 11.0. The zero-order valence-electron chi connectivity index (χ0n) is 11.5. The number of fused-ring (bicyclic) bond motifs is 1. The molecule has 6 nitrogen and oxygen atoms in total. The Morgan fingerprint density at radius 2 is 2.10 bits per heavy atom. The molecule has 0 atom stereocenters. The molecular weight excluding hydrogens is 276 g/mol. The molecule has 0 saturated carbocycles. The fourth-order valence-corrected chi connectivity index (χ4v) is 2.82. The van der Waals surface area contributed by atoms with E-state index in [9.17, 15) is 8.42 Å². The van der Waals surface area contributed by atoms with Gasteiger partial charge in [0.05, 0.1) is 16.8 Å². The van der Waals surface area contributed by atoms with Gasteiger partial charge in [0.2, 0.25) is 10.0 Å². The highest BCUT2D eigenvalue weighted by Gasteiger charge is 2.11. The first-order valence-corrected chi connectivity index (χ1v) is 8.37. The van der Waals surface area contributed by atoms with Crippen molar-refractivity contribution in [1.29, 1.82) is 0 Å². The molecule has 110 valence electrons. The number of primary sulfonamides is 1. The number of hydrogen-bond donors (Lipinski definition) is 2. The third kappa shape index (κ3) is 3.49. The third-order valence-corrected chi connectivity index (χ3v) is 3.99. The molecule has 0 spiro atoms. The fourth-order valence-electron chi connectivity index (χ4n) is 2.28. The predicted octanol–water partition coefficient (Wildman–Crippen LogP) is 1.25. The van der Waals surface area contributed by atoms with E-state index >= 15 is 0 Å². The molecule has 0 fully saturated rings. The van der Waals surface area contributed by atoms with Gasteiger partial charge in [-0.05, 0) is 31.0 Å². The number of nitrogens with two attached hydrogens (primary N) is 2. The Labute approximate surface area is 118 Å². The second kappa shape index (κ2) is 5.80. The Morgan fingerprint density at radius 3 is 2.75 bits per heavy atom. The zero-order chi connectivity index (χ0) is 14.8. The first-order chi connectivity index (χ1) is 9.40. The van der Waals surface area contributed by atoms with Crippen molar-refractivity contribution in [1.82, 2.24) is 9.55 Å². The van der Waals surface area contributed by atoms with Crippen LogP contribution in [0, 0.1) is 0 Å². The molecule has 0 amide bonds. The lowest BCUT2D eigenvalue weighted by Gasteiger charge is -2.08. The van der Waals surface area contributed by atoms with Gasteiger partial charge in [0.1, 0.15) is 5.82 Å². The van der Waals surface area contributed by atoms with Crippen molar-refractivity contribution in [2.45, 2.75) is 32.7 Å². The fraction of sp³-hybridized carbons (Fsp3) is 0.462. The van der Waals surface area contributed by atoms with E-state index in [-0.39, 0.29) is 5.75 Å². The van der Waals surface area contributed by atoms with Crippen molar-refractivity contribution in [2.75, 3.05) is 11.5 Å². The number of hydrogen-bond acceptors (Lipinski definition) is 4. The summed E-state index contributed by atoms with van der Waals surface area (Å²) in [6.45, 7) is 2.68. The summed E-state index contributed by atoms with van der Waals surface area (Å²) >= 11 is 0. The van der Waals surface area contributed by atoms with Crippen LogP contribution in [0.3, 0.4) is 0 Å². The van der Waals surface area contributed by atoms with Gasteiger partial charge in [-0.2, -0.15) is 0 Å². The van der Waals surface area contributed by atoms with E-state index in [4.69, 9.17) is 10.9 Å². The largest absolute Gasteiger partial charge is 0.399 e. The molecule has 0 radical (unpaired) electrons. The summed E-state index contributed by atoms with van der Waals surface area (Å²) < 4.78 is 24.1. The Balaban J connectivity index is 2.31. The monoisotopic (exact) mass is 296 g/mol. The summed E-state index contributed by atoms with van der Waals surface area (Å²) in [7, 11) is -3.42. The Morgan fingerprint density at radius 1 is 1.35 bits per heavy atom. The molecule has 7 heteroatoms. The summed E-state index contributed by atoms with van der Waals surface area (Å²) in [5.41, 5.74) is 8.28. The van der Waals surface area contributed by atoms with E-state index in [1.54, 1.807) is 0 Å². The van der Waals surface area contributed by atoms with E-state index < -0.39 is 10.0 Å². The van der Waals surface area contributed by atoms with Gasteiger partial charge in [-0.3, -0.25) is 0 Å². The van der Waals surface area contributed by atoms with Crippen LogP contribution in [0.2, 0.25) is 0 Å². The molecule has 1 aromatic carbocycles. The van der Waals surface area contributed by atoms with Crippen LogP contribution in [-0.2, 0) is 23.0 Å². The number of aryl methyl sites for hydroxylation is 2. The minimum absolute atomic E-state index is 0.0206. The van der Waals surface area contributed by atoms with Gasteiger partial charge < -0.3 is 10.3 Å². The number of nitrogens with zero attached hydrogens (tertiary/aromatic N) is 2. The number of sulfonamides is 1. The van der Waals surface area contributed by atoms with Crippen molar-refractivity contribution in [3.05, 3.63) is 24.0 Å². The number of benzene rings is 1.